The van der Waals surface area contributed by atoms with Crippen LogP contribution in [-0.2, 0) is 14.6 Å². The SMILES string of the molecule is Cc1ccc(OCCC(=O)N[C@H]2CCS(=O)(=O)[C@H]2C)cc1C. The number of benzene rings is 1. The second-order valence-corrected chi connectivity index (χ2v) is 8.36. The van der Waals surface area contributed by atoms with Crippen molar-refractivity contribution in [3.8, 4) is 5.75 Å². The molecule has 5 nitrogen and oxygen atoms in total. The maximum atomic E-state index is 11.9. The molecule has 22 heavy (non-hydrogen) atoms. The van der Waals surface area contributed by atoms with Gasteiger partial charge < -0.3 is 10.1 Å². The Hall–Kier alpha value is -1.56. The van der Waals surface area contributed by atoms with Crippen molar-refractivity contribution >= 4 is 15.7 Å². The van der Waals surface area contributed by atoms with Crippen molar-refractivity contribution in [2.45, 2.75) is 44.9 Å². The van der Waals surface area contributed by atoms with Crippen LogP contribution in [0.1, 0.15) is 30.9 Å². The van der Waals surface area contributed by atoms with Gasteiger partial charge in [-0.2, -0.15) is 0 Å². The van der Waals surface area contributed by atoms with Crippen molar-refractivity contribution in [1.29, 1.82) is 0 Å². The molecule has 0 spiro atoms. The van der Waals surface area contributed by atoms with Gasteiger partial charge >= 0.3 is 0 Å². The molecule has 6 heteroatoms. The van der Waals surface area contributed by atoms with Gasteiger partial charge in [0.05, 0.1) is 24.0 Å². The van der Waals surface area contributed by atoms with Crippen LogP contribution in [0.2, 0.25) is 0 Å². The van der Waals surface area contributed by atoms with E-state index in [0.717, 1.165) is 11.3 Å². The van der Waals surface area contributed by atoms with Crippen LogP contribution in [0.15, 0.2) is 18.2 Å². The fraction of sp³-hybridized carbons (Fsp3) is 0.562. The number of rotatable bonds is 5. The molecule has 1 aliphatic rings. The predicted molar refractivity (Wildman–Crippen MR) is 85.8 cm³/mol. The summed E-state index contributed by atoms with van der Waals surface area (Å²) in [6.45, 7) is 5.97. The van der Waals surface area contributed by atoms with Crippen LogP contribution >= 0.6 is 0 Å². The van der Waals surface area contributed by atoms with Gasteiger partial charge in [0.2, 0.25) is 5.91 Å². The highest BCUT2D eigenvalue weighted by atomic mass is 32.2. The van der Waals surface area contributed by atoms with E-state index in [-0.39, 0.29) is 30.7 Å². The van der Waals surface area contributed by atoms with Crippen LogP contribution in [0.25, 0.3) is 0 Å². The Labute approximate surface area is 132 Å². The second-order valence-electron chi connectivity index (χ2n) is 5.88. The number of nitrogens with one attached hydrogen (secondary N) is 1. The first-order valence-corrected chi connectivity index (χ1v) is 9.22. The van der Waals surface area contributed by atoms with Gasteiger partial charge in [0.15, 0.2) is 9.84 Å². The average molecular weight is 325 g/mol. The summed E-state index contributed by atoms with van der Waals surface area (Å²) < 4.78 is 28.8. The van der Waals surface area contributed by atoms with E-state index in [1.165, 1.54) is 5.56 Å². The third-order valence-electron chi connectivity index (χ3n) is 4.27. The second kappa shape index (κ2) is 6.69. The Balaban J connectivity index is 1.78. The average Bonchev–Trinajstić information content (AvgIpc) is 2.70. The van der Waals surface area contributed by atoms with Crippen molar-refractivity contribution in [3.63, 3.8) is 0 Å². The minimum atomic E-state index is -3.04. The van der Waals surface area contributed by atoms with E-state index in [2.05, 4.69) is 5.32 Å². The molecule has 0 radical (unpaired) electrons. The minimum absolute atomic E-state index is 0.151. The number of hydrogen-bond acceptors (Lipinski definition) is 4. The summed E-state index contributed by atoms with van der Waals surface area (Å²) in [7, 11) is -3.04. The van der Waals surface area contributed by atoms with Crippen LogP contribution in [0.3, 0.4) is 0 Å². The fourth-order valence-corrected chi connectivity index (χ4v) is 4.15. The van der Waals surface area contributed by atoms with Gasteiger partial charge in [-0.3, -0.25) is 4.79 Å². The van der Waals surface area contributed by atoms with Crippen molar-refractivity contribution < 1.29 is 17.9 Å². The maximum Gasteiger partial charge on any atom is 0.223 e. The van der Waals surface area contributed by atoms with Gasteiger partial charge in [-0.15, -0.1) is 0 Å². The van der Waals surface area contributed by atoms with Crippen LogP contribution < -0.4 is 10.1 Å². The summed E-state index contributed by atoms with van der Waals surface area (Å²) in [5.74, 6) is 0.726. The molecule has 0 unspecified atom stereocenters. The van der Waals surface area contributed by atoms with E-state index < -0.39 is 15.1 Å². The Morgan fingerprint density at radius 3 is 2.64 bits per heavy atom. The number of amides is 1. The lowest BCUT2D eigenvalue weighted by molar-refractivity contribution is -0.122. The molecule has 2 rings (SSSR count). The first-order valence-electron chi connectivity index (χ1n) is 7.50. The summed E-state index contributed by atoms with van der Waals surface area (Å²) in [5.41, 5.74) is 2.34. The fourth-order valence-electron chi connectivity index (χ4n) is 2.50. The van der Waals surface area contributed by atoms with Gasteiger partial charge in [0, 0.05) is 6.04 Å². The van der Waals surface area contributed by atoms with Crippen LogP contribution in [0.4, 0.5) is 0 Å². The Bertz CT molecular complexity index is 654. The van der Waals surface area contributed by atoms with Crippen molar-refractivity contribution in [2.24, 2.45) is 0 Å². The molecule has 1 saturated heterocycles. The number of sulfone groups is 1. The van der Waals surface area contributed by atoms with Crippen molar-refractivity contribution in [3.05, 3.63) is 29.3 Å². The first kappa shape index (κ1) is 16.8. The highest BCUT2D eigenvalue weighted by Crippen LogP contribution is 2.20. The molecule has 0 bridgehead atoms. The topological polar surface area (TPSA) is 72.5 Å². The van der Waals surface area contributed by atoms with Crippen molar-refractivity contribution in [2.75, 3.05) is 12.4 Å². The highest BCUT2D eigenvalue weighted by Gasteiger charge is 2.37. The Kier molecular flexibility index (Phi) is 5.11. The number of ether oxygens (including phenoxy) is 1. The zero-order valence-corrected chi connectivity index (χ0v) is 14.1. The van der Waals surface area contributed by atoms with E-state index in [0.29, 0.717) is 6.42 Å². The molecule has 1 N–H and O–H groups in total. The van der Waals surface area contributed by atoms with Crippen LogP contribution in [-0.4, -0.2) is 38.0 Å². The zero-order chi connectivity index (χ0) is 16.3. The Morgan fingerprint density at radius 2 is 2.05 bits per heavy atom. The highest BCUT2D eigenvalue weighted by molar-refractivity contribution is 7.92. The summed E-state index contributed by atoms with van der Waals surface area (Å²) >= 11 is 0. The predicted octanol–water partition coefficient (Wildman–Crippen LogP) is 1.76. The van der Waals surface area contributed by atoms with Gasteiger partial charge in [0.25, 0.3) is 0 Å². The Morgan fingerprint density at radius 1 is 1.32 bits per heavy atom. The van der Waals surface area contributed by atoms with Gasteiger partial charge in [0.1, 0.15) is 5.75 Å². The van der Waals surface area contributed by atoms with E-state index >= 15 is 0 Å². The van der Waals surface area contributed by atoms with Gasteiger partial charge in [-0.1, -0.05) is 6.07 Å². The zero-order valence-electron chi connectivity index (χ0n) is 13.3. The molecule has 0 aromatic heterocycles. The molecular formula is C16H23NO4S. The molecule has 122 valence electrons. The number of aryl methyl sites for hydroxylation is 2. The molecule has 0 aliphatic carbocycles. The van der Waals surface area contributed by atoms with Gasteiger partial charge in [-0.05, 0) is 50.5 Å². The lowest BCUT2D eigenvalue weighted by Crippen LogP contribution is -2.40. The molecule has 1 aliphatic heterocycles. The molecule has 0 saturated carbocycles. The van der Waals surface area contributed by atoms with Gasteiger partial charge in [-0.25, -0.2) is 8.42 Å². The third kappa shape index (κ3) is 4.00. The normalized spacial score (nSPS) is 23.2. The van der Waals surface area contributed by atoms with Crippen LogP contribution in [0.5, 0.6) is 5.75 Å². The summed E-state index contributed by atoms with van der Waals surface area (Å²) in [6.07, 6.45) is 0.712. The molecular weight excluding hydrogens is 302 g/mol. The number of hydrogen-bond donors (Lipinski definition) is 1. The minimum Gasteiger partial charge on any atom is -0.493 e. The third-order valence-corrected chi connectivity index (χ3v) is 6.54. The van der Waals surface area contributed by atoms with Crippen molar-refractivity contribution in [1.82, 2.24) is 5.32 Å². The first-order chi connectivity index (χ1) is 10.3. The number of carbonyl (C=O) groups excluding carboxylic acids is 1. The molecule has 1 aromatic carbocycles. The summed E-state index contributed by atoms with van der Waals surface area (Å²) in [6, 6.07) is 5.53. The molecule has 1 heterocycles. The van der Waals surface area contributed by atoms with E-state index in [4.69, 9.17) is 4.74 Å². The largest absolute Gasteiger partial charge is 0.493 e. The smallest absolute Gasteiger partial charge is 0.223 e. The molecule has 1 aromatic rings. The maximum absolute atomic E-state index is 11.9. The lowest BCUT2D eigenvalue weighted by atomic mass is 10.1. The van der Waals surface area contributed by atoms with E-state index in [1.807, 2.05) is 32.0 Å². The standard InChI is InChI=1S/C16H23NO4S/c1-11-4-5-14(10-12(11)2)21-8-6-16(18)17-15-7-9-22(19,20)13(15)3/h4-5,10,13,15H,6-9H2,1-3H3,(H,17,18)/t13-,15-/m0/s1. The van der Waals surface area contributed by atoms with Crippen LogP contribution in [0, 0.1) is 13.8 Å². The van der Waals surface area contributed by atoms with E-state index in [9.17, 15) is 13.2 Å². The van der Waals surface area contributed by atoms with E-state index in [1.54, 1.807) is 6.92 Å². The quantitative estimate of drug-likeness (QED) is 0.895. The molecule has 2 atom stereocenters. The number of carbonyl (C=O) groups is 1. The monoisotopic (exact) mass is 325 g/mol. The summed E-state index contributed by atoms with van der Waals surface area (Å²) in [5, 5.41) is 2.29. The lowest BCUT2D eigenvalue weighted by Gasteiger charge is -2.16. The summed E-state index contributed by atoms with van der Waals surface area (Å²) in [4.78, 5) is 11.9. The molecule has 1 fully saturated rings. The molecule has 1 amide bonds.